The monoisotopic (exact) mass is 284 g/mol. The maximum Gasteiger partial charge on any atom is 0.255 e. The standard InChI is InChI=1S/C16H16N2O3/c1-10(19)16-17-15(18-21-16)8-12-5-3-4-11-6-7-13(20-2)9-14(11)12/h3-7,9-10,19H,8H2,1-2H3/t10-/m0/s1. The lowest BCUT2D eigenvalue weighted by Gasteiger charge is -2.06. The lowest BCUT2D eigenvalue weighted by Crippen LogP contribution is -1.95. The summed E-state index contributed by atoms with van der Waals surface area (Å²) >= 11 is 0. The van der Waals surface area contributed by atoms with Gasteiger partial charge in [0.1, 0.15) is 11.9 Å². The fourth-order valence-electron chi connectivity index (χ4n) is 2.28. The third-order valence-electron chi connectivity index (χ3n) is 3.37. The topological polar surface area (TPSA) is 68.4 Å². The van der Waals surface area contributed by atoms with Gasteiger partial charge in [0.2, 0.25) is 0 Å². The second-order valence-electron chi connectivity index (χ2n) is 4.91. The molecule has 0 bridgehead atoms. The smallest absolute Gasteiger partial charge is 0.255 e. The van der Waals surface area contributed by atoms with Crippen LogP contribution in [0.2, 0.25) is 0 Å². The van der Waals surface area contributed by atoms with Gasteiger partial charge in [-0.15, -0.1) is 0 Å². The number of aromatic nitrogens is 2. The molecular weight excluding hydrogens is 268 g/mol. The SMILES string of the molecule is COc1ccc2cccc(Cc3noc([C@H](C)O)n3)c2c1. The number of aliphatic hydroxyl groups is 1. The highest BCUT2D eigenvalue weighted by molar-refractivity contribution is 5.87. The number of benzene rings is 2. The van der Waals surface area contributed by atoms with Crippen molar-refractivity contribution < 1.29 is 14.4 Å². The zero-order valence-corrected chi connectivity index (χ0v) is 11.9. The van der Waals surface area contributed by atoms with E-state index in [0.29, 0.717) is 12.2 Å². The minimum absolute atomic E-state index is 0.239. The molecule has 3 aromatic rings. The lowest BCUT2D eigenvalue weighted by molar-refractivity contribution is 0.151. The van der Waals surface area contributed by atoms with E-state index in [1.807, 2.05) is 30.3 Å². The van der Waals surface area contributed by atoms with Crippen LogP contribution in [0.15, 0.2) is 40.9 Å². The summed E-state index contributed by atoms with van der Waals surface area (Å²) in [5, 5.41) is 15.6. The fraction of sp³-hybridized carbons (Fsp3) is 0.250. The first-order valence-electron chi connectivity index (χ1n) is 6.73. The Morgan fingerprint density at radius 1 is 1.29 bits per heavy atom. The molecule has 0 saturated heterocycles. The lowest BCUT2D eigenvalue weighted by atomic mass is 10.0. The Morgan fingerprint density at radius 2 is 2.14 bits per heavy atom. The van der Waals surface area contributed by atoms with Gasteiger partial charge in [-0.1, -0.05) is 29.4 Å². The van der Waals surface area contributed by atoms with E-state index in [2.05, 4.69) is 16.2 Å². The van der Waals surface area contributed by atoms with Crippen LogP contribution < -0.4 is 4.74 Å². The molecule has 0 radical (unpaired) electrons. The maximum absolute atomic E-state index is 9.43. The number of methoxy groups -OCH3 is 1. The van der Waals surface area contributed by atoms with Crippen LogP contribution in [0.3, 0.4) is 0 Å². The highest BCUT2D eigenvalue weighted by atomic mass is 16.5. The third kappa shape index (κ3) is 2.73. The Balaban J connectivity index is 1.99. The molecule has 2 aromatic carbocycles. The zero-order chi connectivity index (χ0) is 14.8. The predicted molar refractivity (Wildman–Crippen MR) is 78.2 cm³/mol. The highest BCUT2D eigenvalue weighted by Crippen LogP contribution is 2.25. The molecule has 21 heavy (non-hydrogen) atoms. The van der Waals surface area contributed by atoms with Crippen molar-refractivity contribution in [2.24, 2.45) is 0 Å². The van der Waals surface area contributed by atoms with Crippen molar-refractivity contribution in [1.82, 2.24) is 10.1 Å². The number of aliphatic hydroxyl groups excluding tert-OH is 1. The predicted octanol–water partition coefficient (Wildman–Crippen LogP) is 2.88. The maximum atomic E-state index is 9.43. The van der Waals surface area contributed by atoms with E-state index < -0.39 is 6.10 Å². The number of rotatable bonds is 4. The summed E-state index contributed by atoms with van der Waals surface area (Å²) in [6.07, 6.45) is -0.209. The molecule has 5 nitrogen and oxygen atoms in total. The molecule has 0 saturated carbocycles. The number of ether oxygens (including phenoxy) is 1. The van der Waals surface area contributed by atoms with Crippen LogP contribution in [-0.4, -0.2) is 22.4 Å². The molecule has 108 valence electrons. The Hall–Kier alpha value is -2.40. The average Bonchev–Trinajstić information content (AvgIpc) is 2.96. The van der Waals surface area contributed by atoms with Crippen LogP contribution in [-0.2, 0) is 6.42 Å². The van der Waals surface area contributed by atoms with Crippen LogP contribution in [0.25, 0.3) is 10.8 Å². The van der Waals surface area contributed by atoms with Crippen molar-refractivity contribution in [3.05, 3.63) is 53.7 Å². The Kier molecular flexibility index (Phi) is 3.58. The van der Waals surface area contributed by atoms with Gasteiger partial charge in [-0.3, -0.25) is 0 Å². The zero-order valence-electron chi connectivity index (χ0n) is 11.9. The van der Waals surface area contributed by atoms with Gasteiger partial charge in [-0.2, -0.15) is 4.98 Å². The Bertz CT molecular complexity index is 765. The first kappa shape index (κ1) is 13.6. The molecule has 0 amide bonds. The molecule has 0 aliphatic heterocycles. The molecule has 1 atom stereocenters. The van der Waals surface area contributed by atoms with Crippen LogP contribution in [0.5, 0.6) is 5.75 Å². The first-order valence-corrected chi connectivity index (χ1v) is 6.73. The average molecular weight is 284 g/mol. The van der Waals surface area contributed by atoms with Crippen LogP contribution in [0.4, 0.5) is 0 Å². The number of hydrogen-bond donors (Lipinski definition) is 1. The summed E-state index contributed by atoms with van der Waals surface area (Å²) in [4.78, 5) is 4.20. The molecule has 3 rings (SSSR count). The van der Waals surface area contributed by atoms with Crippen molar-refractivity contribution >= 4 is 10.8 Å². The Morgan fingerprint density at radius 3 is 2.86 bits per heavy atom. The van der Waals surface area contributed by atoms with E-state index in [-0.39, 0.29) is 5.89 Å². The summed E-state index contributed by atoms with van der Waals surface area (Å²) in [5.74, 6) is 1.61. The summed E-state index contributed by atoms with van der Waals surface area (Å²) in [6, 6.07) is 12.0. The molecule has 0 aliphatic carbocycles. The second-order valence-corrected chi connectivity index (χ2v) is 4.91. The van der Waals surface area contributed by atoms with E-state index in [1.54, 1.807) is 14.0 Å². The van der Waals surface area contributed by atoms with Gasteiger partial charge in [0.15, 0.2) is 5.82 Å². The van der Waals surface area contributed by atoms with Gasteiger partial charge < -0.3 is 14.4 Å². The number of hydrogen-bond acceptors (Lipinski definition) is 5. The van der Waals surface area contributed by atoms with Gasteiger partial charge in [-0.05, 0) is 35.4 Å². The summed E-state index contributed by atoms with van der Waals surface area (Å²) < 4.78 is 10.3. The van der Waals surface area contributed by atoms with E-state index in [4.69, 9.17) is 9.26 Å². The quantitative estimate of drug-likeness (QED) is 0.797. The van der Waals surface area contributed by atoms with Crippen LogP contribution in [0, 0.1) is 0 Å². The molecule has 0 unspecified atom stereocenters. The molecule has 0 fully saturated rings. The molecular formula is C16H16N2O3. The van der Waals surface area contributed by atoms with Gasteiger partial charge in [0.25, 0.3) is 5.89 Å². The van der Waals surface area contributed by atoms with Gasteiger partial charge in [0.05, 0.1) is 7.11 Å². The van der Waals surface area contributed by atoms with Crippen molar-refractivity contribution in [2.75, 3.05) is 7.11 Å². The van der Waals surface area contributed by atoms with Crippen LogP contribution in [0.1, 0.15) is 30.3 Å². The van der Waals surface area contributed by atoms with Crippen molar-refractivity contribution in [3.8, 4) is 5.75 Å². The first-order chi connectivity index (χ1) is 10.2. The largest absolute Gasteiger partial charge is 0.497 e. The van der Waals surface area contributed by atoms with Crippen LogP contribution >= 0.6 is 0 Å². The van der Waals surface area contributed by atoms with Crippen molar-refractivity contribution in [2.45, 2.75) is 19.4 Å². The fourth-order valence-corrected chi connectivity index (χ4v) is 2.28. The highest BCUT2D eigenvalue weighted by Gasteiger charge is 2.12. The number of nitrogens with zero attached hydrogens (tertiary/aromatic N) is 2. The van der Waals surface area contributed by atoms with E-state index >= 15 is 0 Å². The molecule has 1 aromatic heterocycles. The van der Waals surface area contributed by atoms with Crippen molar-refractivity contribution in [1.29, 1.82) is 0 Å². The molecule has 1 heterocycles. The Labute approximate surface area is 122 Å². The molecule has 5 heteroatoms. The van der Waals surface area contributed by atoms with Gasteiger partial charge in [0, 0.05) is 6.42 Å². The van der Waals surface area contributed by atoms with Gasteiger partial charge >= 0.3 is 0 Å². The number of fused-ring (bicyclic) bond motifs is 1. The van der Waals surface area contributed by atoms with E-state index in [9.17, 15) is 5.11 Å². The molecule has 0 spiro atoms. The molecule has 1 N–H and O–H groups in total. The summed E-state index contributed by atoms with van der Waals surface area (Å²) in [6.45, 7) is 1.60. The molecule has 0 aliphatic rings. The minimum Gasteiger partial charge on any atom is -0.497 e. The van der Waals surface area contributed by atoms with E-state index in [1.165, 1.54) is 0 Å². The van der Waals surface area contributed by atoms with Gasteiger partial charge in [-0.25, -0.2) is 0 Å². The van der Waals surface area contributed by atoms with E-state index in [0.717, 1.165) is 22.1 Å². The van der Waals surface area contributed by atoms with Crippen molar-refractivity contribution in [3.63, 3.8) is 0 Å². The summed E-state index contributed by atoms with van der Waals surface area (Å²) in [7, 11) is 1.65. The normalized spacial score (nSPS) is 12.5. The third-order valence-corrected chi connectivity index (χ3v) is 3.37. The second kappa shape index (κ2) is 5.54. The summed E-state index contributed by atoms with van der Waals surface area (Å²) in [5.41, 5.74) is 1.09. The minimum atomic E-state index is -0.751.